The van der Waals surface area contributed by atoms with Gasteiger partial charge in [-0.05, 0) is 36.8 Å². The zero-order valence-electron chi connectivity index (χ0n) is 20.6. The van der Waals surface area contributed by atoms with E-state index < -0.39 is 23.4 Å². The fraction of sp³-hybridized carbons (Fsp3) is 0.200. The topological polar surface area (TPSA) is 165 Å². The molecule has 0 aliphatic carbocycles. The van der Waals surface area contributed by atoms with Gasteiger partial charge in [-0.2, -0.15) is 5.53 Å². The smallest absolute Gasteiger partial charge is 0.291 e. The number of carbonyl (C=O) groups is 2. The lowest BCUT2D eigenvalue weighted by Gasteiger charge is -2.22. The predicted molar refractivity (Wildman–Crippen MR) is 147 cm³/mol. The standard InChI is InChI=1S/C25H24Cl2N8O4/c1-2-3-20(25(39)31-15-5-6-18(29-10-15)24(38)32-33-28)35-11-21(36)17(9-23(35)37)16-8-14(26)4-7-19(16)34-12-22(27)30-13-34/h4-12,20,30,36H,2-3,13H2,1H3,(H,31,39)(H2,28,32,38). The van der Waals surface area contributed by atoms with E-state index in [0.29, 0.717) is 46.6 Å². The van der Waals surface area contributed by atoms with Crippen molar-refractivity contribution in [3.63, 3.8) is 0 Å². The Labute approximate surface area is 232 Å². The minimum absolute atomic E-state index is 0.00805. The summed E-state index contributed by atoms with van der Waals surface area (Å²) in [6, 6.07) is 8.25. The first-order chi connectivity index (χ1) is 18.7. The van der Waals surface area contributed by atoms with E-state index in [2.05, 4.69) is 20.8 Å². The van der Waals surface area contributed by atoms with Gasteiger partial charge in [0.05, 0.1) is 30.4 Å². The molecule has 4 rings (SSSR count). The average molecular weight is 571 g/mol. The summed E-state index contributed by atoms with van der Waals surface area (Å²) in [5.74, 6) is -1.39. The molecule has 1 atom stereocenters. The summed E-state index contributed by atoms with van der Waals surface area (Å²) in [4.78, 5) is 44.0. The molecule has 0 radical (unpaired) electrons. The van der Waals surface area contributed by atoms with Gasteiger partial charge in [0.15, 0.2) is 0 Å². The van der Waals surface area contributed by atoms with Gasteiger partial charge < -0.3 is 20.6 Å². The van der Waals surface area contributed by atoms with Crippen LogP contribution >= 0.6 is 23.2 Å². The summed E-state index contributed by atoms with van der Waals surface area (Å²) in [6.07, 6.45) is 5.09. The molecule has 12 nitrogen and oxygen atoms in total. The van der Waals surface area contributed by atoms with Crippen LogP contribution in [0.5, 0.6) is 5.75 Å². The van der Waals surface area contributed by atoms with E-state index >= 15 is 0 Å². The number of aromatic nitrogens is 2. The summed E-state index contributed by atoms with van der Waals surface area (Å²) in [6.45, 7) is 2.26. The molecule has 2 aromatic heterocycles. The van der Waals surface area contributed by atoms with Crippen molar-refractivity contribution in [2.24, 2.45) is 5.22 Å². The maximum atomic E-state index is 13.3. The number of aromatic hydroxyl groups is 1. The van der Waals surface area contributed by atoms with Crippen molar-refractivity contribution in [3.05, 3.63) is 81.2 Å². The minimum Gasteiger partial charge on any atom is -0.506 e. The quantitative estimate of drug-likeness (QED) is 0.145. The molecule has 3 aromatic rings. The number of nitrogens with one attached hydrogen (secondary N) is 4. The van der Waals surface area contributed by atoms with E-state index in [-0.39, 0.29) is 17.0 Å². The summed E-state index contributed by atoms with van der Waals surface area (Å²) >= 11 is 12.3. The van der Waals surface area contributed by atoms with E-state index in [0.717, 1.165) is 0 Å². The largest absolute Gasteiger partial charge is 0.506 e. The van der Waals surface area contributed by atoms with E-state index in [1.807, 2.05) is 17.2 Å². The van der Waals surface area contributed by atoms with Crippen LogP contribution in [0.2, 0.25) is 5.02 Å². The second-order valence-electron chi connectivity index (χ2n) is 8.54. The third-order valence-corrected chi connectivity index (χ3v) is 6.39. The van der Waals surface area contributed by atoms with Gasteiger partial charge in [0.25, 0.3) is 11.5 Å². The molecule has 5 N–H and O–H groups in total. The number of nitrogens with zero attached hydrogens (tertiary/aromatic N) is 4. The molecule has 0 saturated heterocycles. The van der Waals surface area contributed by atoms with Crippen molar-refractivity contribution >= 4 is 46.4 Å². The molecule has 14 heteroatoms. The first-order valence-electron chi connectivity index (χ1n) is 11.8. The van der Waals surface area contributed by atoms with Crippen molar-refractivity contribution in [3.8, 4) is 16.9 Å². The Morgan fingerprint density at radius 2 is 2.03 bits per heavy atom. The molecule has 0 saturated carbocycles. The molecule has 39 heavy (non-hydrogen) atoms. The number of benzene rings is 1. The van der Waals surface area contributed by atoms with Crippen molar-refractivity contribution in [2.45, 2.75) is 25.8 Å². The number of rotatable bonds is 9. The first kappa shape index (κ1) is 27.6. The van der Waals surface area contributed by atoms with Crippen LogP contribution in [0, 0.1) is 5.53 Å². The van der Waals surface area contributed by atoms with Crippen LogP contribution in [0.25, 0.3) is 11.1 Å². The highest BCUT2D eigenvalue weighted by Gasteiger charge is 2.24. The number of hydrogen-bond acceptors (Lipinski definition) is 9. The number of anilines is 2. The SMILES string of the molecule is CCCC(C(=O)Nc1ccc(C(=O)NN=N)nc1)n1cc(O)c(-c2cc(Cl)ccc2N2C=C(Cl)NC2)cc1=O. The van der Waals surface area contributed by atoms with Gasteiger partial charge in [-0.1, -0.05) is 41.8 Å². The Morgan fingerprint density at radius 3 is 2.67 bits per heavy atom. The Hall–Kier alpha value is -4.42. The number of carbonyl (C=O) groups excluding carboxylic acids is 2. The summed E-state index contributed by atoms with van der Waals surface area (Å²) < 4.78 is 1.18. The van der Waals surface area contributed by atoms with Gasteiger partial charge >= 0.3 is 0 Å². The summed E-state index contributed by atoms with van der Waals surface area (Å²) in [5, 5.41) is 20.3. The first-order valence-corrected chi connectivity index (χ1v) is 12.5. The maximum absolute atomic E-state index is 13.3. The van der Waals surface area contributed by atoms with Crippen LogP contribution in [0.4, 0.5) is 11.4 Å². The highest BCUT2D eigenvalue weighted by atomic mass is 35.5. The molecule has 1 aliphatic heterocycles. The summed E-state index contributed by atoms with van der Waals surface area (Å²) in [7, 11) is 0. The zero-order chi connectivity index (χ0) is 28.1. The lowest BCUT2D eigenvalue weighted by molar-refractivity contribution is -0.119. The van der Waals surface area contributed by atoms with E-state index in [1.165, 1.54) is 35.2 Å². The second-order valence-corrected chi connectivity index (χ2v) is 9.38. The highest BCUT2D eigenvalue weighted by Crippen LogP contribution is 2.38. The summed E-state index contributed by atoms with van der Waals surface area (Å²) in [5.41, 5.74) is 9.87. The van der Waals surface area contributed by atoms with Gasteiger partial charge in [-0.25, -0.2) is 10.4 Å². The lowest BCUT2D eigenvalue weighted by atomic mass is 10.0. The monoisotopic (exact) mass is 570 g/mol. The van der Waals surface area contributed by atoms with Crippen LogP contribution in [0.1, 0.15) is 36.3 Å². The van der Waals surface area contributed by atoms with Crippen LogP contribution in [0.3, 0.4) is 0 Å². The van der Waals surface area contributed by atoms with Gasteiger partial charge in [-0.3, -0.25) is 19.0 Å². The van der Waals surface area contributed by atoms with Crippen molar-refractivity contribution in [1.82, 2.24) is 20.3 Å². The third-order valence-electron chi connectivity index (χ3n) is 5.93. The number of pyridine rings is 2. The van der Waals surface area contributed by atoms with Crippen LogP contribution in [0.15, 0.2) is 70.2 Å². The predicted octanol–water partition coefficient (Wildman–Crippen LogP) is 4.33. The molecule has 0 bridgehead atoms. The Balaban J connectivity index is 1.64. The van der Waals surface area contributed by atoms with Crippen LogP contribution < -0.4 is 26.5 Å². The van der Waals surface area contributed by atoms with Gasteiger partial charge in [0, 0.05) is 28.4 Å². The van der Waals surface area contributed by atoms with E-state index in [4.69, 9.17) is 28.7 Å². The molecule has 1 aliphatic rings. The molecule has 0 spiro atoms. The molecule has 3 heterocycles. The Bertz CT molecular complexity index is 1510. The van der Waals surface area contributed by atoms with Crippen molar-refractivity contribution in [1.29, 1.82) is 5.53 Å². The molecular weight excluding hydrogens is 547 g/mol. The van der Waals surface area contributed by atoms with Crippen LogP contribution in [-0.2, 0) is 4.79 Å². The average Bonchev–Trinajstić information content (AvgIpc) is 3.35. The van der Waals surface area contributed by atoms with Gasteiger partial charge in [-0.15, -0.1) is 0 Å². The Kier molecular flexibility index (Phi) is 8.47. The van der Waals surface area contributed by atoms with Gasteiger partial charge in [0.2, 0.25) is 5.91 Å². The zero-order valence-corrected chi connectivity index (χ0v) is 22.1. The molecule has 1 unspecified atom stereocenters. The molecule has 202 valence electrons. The van der Waals surface area contributed by atoms with E-state index in [1.54, 1.807) is 24.4 Å². The third kappa shape index (κ3) is 6.19. The minimum atomic E-state index is -0.934. The fourth-order valence-corrected chi connectivity index (χ4v) is 4.47. The second kappa shape index (κ2) is 12.0. The normalized spacial score (nSPS) is 13.3. The Morgan fingerprint density at radius 1 is 1.23 bits per heavy atom. The van der Waals surface area contributed by atoms with Crippen molar-refractivity contribution in [2.75, 3.05) is 16.9 Å². The maximum Gasteiger partial charge on any atom is 0.291 e. The number of amides is 2. The van der Waals surface area contributed by atoms with Gasteiger partial charge in [0.1, 0.15) is 22.6 Å². The number of hydrogen-bond donors (Lipinski definition) is 5. The highest BCUT2D eigenvalue weighted by molar-refractivity contribution is 6.31. The molecule has 1 aromatic carbocycles. The van der Waals surface area contributed by atoms with Crippen LogP contribution in [-0.4, -0.2) is 33.1 Å². The fourth-order valence-electron chi connectivity index (χ4n) is 4.12. The van der Waals surface area contributed by atoms with Crippen molar-refractivity contribution < 1.29 is 14.7 Å². The lowest BCUT2D eigenvalue weighted by Crippen LogP contribution is -2.33. The molecule has 0 fully saturated rings. The molecule has 2 amide bonds. The molecular formula is C25H24Cl2N8O4. The number of halogens is 2. The van der Waals surface area contributed by atoms with E-state index in [9.17, 15) is 19.5 Å².